The number of aromatic nitrogens is 2. The number of amides is 2. The van der Waals surface area contributed by atoms with E-state index < -0.39 is 0 Å². The third-order valence-corrected chi connectivity index (χ3v) is 6.86. The summed E-state index contributed by atoms with van der Waals surface area (Å²) in [6, 6.07) is 9.52. The number of hydrogen-bond acceptors (Lipinski definition) is 6. The average Bonchev–Trinajstić information content (AvgIpc) is 3.23. The molecule has 0 radical (unpaired) electrons. The van der Waals surface area contributed by atoms with E-state index in [0.717, 1.165) is 30.3 Å². The summed E-state index contributed by atoms with van der Waals surface area (Å²) < 4.78 is 16.0. The number of anilines is 1. The number of benzene rings is 2. The zero-order valence-corrected chi connectivity index (χ0v) is 16.0. The molecule has 0 saturated carbocycles. The van der Waals surface area contributed by atoms with Crippen LogP contribution in [-0.4, -0.2) is 22.3 Å². The average molecular weight is 405 g/mol. The van der Waals surface area contributed by atoms with Crippen molar-refractivity contribution in [2.45, 2.75) is 10.9 Å². The largest absolute Gasteiger partial charge is 0.334 e. The molecule has 2 aromatic carbocycles. The predicted molar refractivity (Wildman–Crippen MR) is 107 cm³/mol. The number of thiazole rings is 2. The molecule has 2 N–H and O–H groups in total. The van der Waals surface area contributed by atoms with Gasteiger partial charge in [-0.3, -0.25) is 5.32 Å². The van der Waals surface area contributed by atoms with E-state index in [4.69, 9.17) is 0 Å². The fourth-order valence-electron chi connectivity index (χ4n) is 2.42. The molecule has 0 spiro atoms. The summed E-state index contributed by atoms with van der Waals surface area (Å²) in [4.78, 5) is 21.1. The van der Waals surface area contributed by atoms with E-state index in [0.29, 0.717) is 11.7 Å². The topological polar surface area (TPSA) is 66.9 Å². The summed E-state index contributed by atoms with van der Waals surface area (Å²) in [7, 11) is 0. The van der Waals surface area contributed by atoms with E-state index in [1.54, 1.807) is 35.2 Å². The third-order valence-electron chi connectivity index (χ3n) is 3.65. The first-order valence-corrected chi connectivity index (χ1v) is 10.5. The number of rotatable bonds is 4. The summed E-state index contributed by atoms with van der Waals surface area (Å²) in [5, 5.41) is 6.03. The molecule has 0 saturated heterocycles. The van der Waals surface area contributed by atoms with Crippen LogP contribution in [0.4, 0.5) is 14.3 Å². The number of nitrogens with one attached hydrogen (secondary N) is 2. The van der Waals surface area contributed by atoms with Gasteiger partial charge in [-0.15, -0.1) is 11.3 Å². The molecular formula is C17H13FN4OS3. The lowest BCUT2D eigenvalue weighted by atomic mass is 10.2. The second kappa shape index (κ2) is 7.18. The van der Waals surface area contributed by atoms with E-state index in [1.807, 2.05) is 18.4 Å². The number of hydrogen-bond donors (Lipinski definition) is 2. The minimum Gasteiger partial charge on any atom is -0.334 e. The first-order valence-electron chi connectivity index (χ1n) is 7.66. The highest BCUT2D eigenvalue weighted by atomic mass is 32.2. The molecule has 0 aliphatic heterocycles. The molecule has 132 valence electrons. The van der Waals surface area contributed by atoms with Crippen molar-refractivity contribution in [1.82, 2.24) is 15.3 Å². The second-order valence-corrected chi connectivity index (χ2v) is 8.45. The molecule has 5 nitrogen and oxygen atoms in total. The van der Waals surface area contributed by atoms with Crippen LogP contribution in [0.3, 0.4) is 0 Å². The van der Waals surface area contributed by atoms with Gasteiger partial charge in [-0.1, -0.05) is 35.2 Å². The van der Waals surface area contributed by atoms with Crippen molar-refractivity contribution in [3.8, 4) is 0 Å². The number of carbonyl (C=O) groups is 1. The summed E-state index contributed by atoms with van der Waals surface area (Å²) in [5.41, 5.74) is 2.61. The quantitative estimate of drug-likeness (QED) is 0.465. The Balaban J connectivity index is 1.49. The molecule has 2 amide bonds. The monoisotopic (exact) mass is 404 g/mol. The van der Waals surface area contributed by atoms with Gasteiger partial charge in [0.05, 0.1) is 20.4 Å². The number of nitrogens with zero attached hydrogens (tertiary/aromatic N) is 2. The standard InChI is InChI=1S/C17H13FN4OS3/c1-24-17-21-12-7-6-11-13(14(12)26-17)25-16(20-11)22-15(23)19-8-9-2-4-10(18)5-3-9/h2-7H,8H2,1H3,(H2,19,20,22,23). The van der Waals surface area contributed by atoms with Gasteiger partial charge in [0, 0.05) is 6.54 Å². The molecule has 4 aromatic rings. The molecule has 4 rings (SSSR count). The molecule has 0 aliphatic rings. The highest BCUT2D eigenvalue weighted by molar-refractivity contribution is 8.00. The van der Waals surface area contributed by atoms with Gasteiger partial charge in [-0.2, -0.15) is 0 Å². The molecule has 0 aliphatic carbocycles. The molecule has 9 heteroatoms. The Bertz CT molecular complexity index is 1090. The van der Waals surface area contributed by atoms with Gasteiger partial charge in [0.2, 0.25) is 0 Å². The van der Waals surface area contributed by atoms with Crippen LogP contribution in [-0.2, 0) is 6.54 Å². The van der Waals surface area contributed by atoms with Crippen molar-refractivity contribution in [1.29, 1.82) is 0 Å². The van der Waals surface area contributed by atoms with E-state index in [9.17, 15) is 9.18 Å². The Morgan fingerprint density at radius 2 is 1.77 bits per heavy atom. The third kappa shape index (κ3) is 3.50. The Morgan fingerprint density at radius 1 is 1.08 bits per heavy atom. The van der Waals surface area contributed by atoms with Crippen molar-refractivity contribution in [2.75, 3.05) is 11.6 Å². The lowest BCUT2D eigenvalue weighted by Crippen LogP contribution is -2.28. The van der Waals surface area contributed by atoms with Crippen molar-refractivity contribution in [3.63, 3.8) is 0 Å². The summed E-state index contributed by atoms with van der Waals surface area (Å²) in [6.45, 7) is 0.313. The molecule has 0 unspecified atom stereocenters. The molecule has 26 heavy (non-hydrogen) atoms. The van der Waals surface area contributed by atoms with Crippen LogP contribution in [0, 0.1) is 5.82 Å². The van der Waals surface area contributed by atoms with Gasteiger partial charge >= 0.3 is 6.03 Å². The fourth-order valence-corrected chi connectivity index (χ4v) is 5.07. The van der Waals surface area contributed by atoms with E-state index >= 15 is 0 Å². The minimum absolute atomic E-state index is 0.299. The molecule has 0 atom stereocenters. The van der Waals surface area contributed by atoms with Crippen molar-refractivity contribution >= 4 is 66.0 Å². The Labute approximate surface area is 160 Å². The first-order chi connectivity index (χ1) is 12.6. The van der Waals surface area contributed by atoms with E-state index in [2.05, 4.69) is 20.6 Å². The maximum atomic E-state index is 12.9. The maximum absolute atomic E-state index is 12.9. The summed E-state index contributed by atoms with van der Waals surface area (Å²) >= 11 is 4.68. The number of urea groups is 1. The van der Waals surface area contributed by atoms with Crippen LogP contribution in [0.2, 0.25) is 0 Å². The predicted octanol–water partition coefficient (Wildman–Crippen LogP) is 5.09. The Kier molecular flexibility index (Phi) is 4.75. The smallest absolute Gasteiger partial charge is 0.321 e. The van der Waals surface area contributed by atoms with Crippen molar-refractivity contribution in [3.05, 3.63) is 47.8 Å². The van der Waals surface area contributed by atoms with Crippen molar-refractivity contribution < 1.29 is 9.18 Å². The fraction of sp³-hybridized carbons (Fsp3) is 0.118. The highest BCUT2D eigenvalue weighted by Gasteiger charge is 2.13. The highest BCUT2D eigenvalue weighted by Crippen LogP contribution is 2.37. The zero-order valence-electron chi connectivity index (χ0n) is 13.6. The SMILES string of the molecule is CSc1nc2ccc3nc(NC(=O)NCc4ccc(F)cc4)sc3c2s1. The Morgan fingerprint density at radius 3 is 2.50 bits per heavy atom. The molecule has 2 aromatic heterocycles. The maximum Gasteiger partial charge on any atom is 0.321 e. The molecule has 0 fully saturated rings. The lowest BCUT2D eigenvalue weighted by Gasteiger charge is -2.05. The van der Waals surface area contributed by atoms with Crippen LogP contribution in [0.25, 0.3) is 20.4 Å². The van der Waals surface area contributed by atoms with Crippen LogP contribution in [0.15, 0.2) is 40.7 Å². The van der Waals surface area contributed by atoms with Gasteiger partial charge in [0.25, 0.3) is 0 Å². The van der Waals surface area contributed by atoms with Crippen LogP contribution in [0.1, 0.15) is 5.56 Å². The van der Waals surface area contributed by atoms with Gasteiger partial charge in [0.15, 0.2) is 9.47 Å². The molecular weight excluding hydrogens is 391 g/mol. The van der Waals surface area contributed by atoms with E-state index in [1.165, 1.54) is 23.5 Å². The minimum atomic E-state index is -0.348. The van der Waals surface area contributed by atoms with Gasteiger partial charge < -0.3 is 5.32 Å². The number of fused-ring (bicyclic) bond motifs is 3. The van der Waals surface area contributed by atoms with Gasteiger partial charge in [0.1, 0.15) is 5.82 Å². The zero-order chi connectivity index (χ0) is 18.1. The number of carbonyl (C=O) groups excluding carboxylic acids is 1. The summed E-state index contributed by atoms with van der Waals surface area (Å²) in [5.74, 6) is -0.299. The normalized spacial score (nSPS) is 11.2. The lowest BCUT2D eigenvalue weighted by molar-refractivity contribution is 0.251. The van der Waals surface area contributed by atoms with E-state index in [-0.39, 0.29) is 11.8 Å². The van der Waals surface area contributed by atoms with Crippen LogP contribution >= 0.6 is 34.4 Å². The van der Waals surface area contributed by atoms with Crippen molar-refractivity contribution in [2.24, 2.45) is 0 Å². The van der Waals surface area contributed by atoms with Crippen LogP contribution in [0.5, 0.6) is 0 Å². The number of thioether (sulfide) groups is 1. The molecule has 0 bridgehead atoms. The summed E-state index contributed by atoms with van der Waals surface area (Å²) in [6.07, 6.45) is 2.00. The van der Waals surface area contributed by atoms with Crippen LogP contribution < -0.4 is 10.6 Å². The Hall–Kier alpha value is -2.23. The second-order valence-electron chi connectivity index (χ2n) is 5.40. The molecule has 2 heterocycles. The van der Waals surface area contributed by atoms with Gasteiger partial charge in [-0.05, 0) is 36.1 Å². The first kappa shape index (κ1) is 17.2. The van der Waals surface area contributed by atoms with Gasteiger partial charge in [-0.25, -0.2) is 19.2 Å². The number of halogens is 1.